The molecule has 138 valence electrons. The number of amides is 1. The molecule has 0 radical (unpaired) electrons. The van der Waals surface area contributed by atoms with Gasteiger partial charge >= 0.3 is 0 Å². The number of hydrogen-bond acceptors (Lipinski definition) is 4. The van der Waals surface area contributed by atoms with Gasteiger partial charge in [0.2, 0.25) is 5.91 Å². The van der Waals surface area contributed by atoms with Crippen molar-refractivity contribution in [2.24, 2.45) is 0 Å². The Balaban J connectivity index is 1.53. The summed E-state index contributed by atoms with van der Waals surface area (Å²) in [5.41, 5.74) is 4.31. The maximum atomic E-state index is 12.4. The van der Waals surface area contributed by atoms with Crippen LogP contribution in [0.4, 0.5) is 11.4 Å². The first-order chi connectivity index (χ1) is 12.6. The molecule has 2 aromatic rings. The maximum absolute atomic E-state index is 12.4. The fourth-order valence-corrected chi connectivity index (χ4v) is 3.38. The number of rotatable bonds is 5. The van der Waals surface area contributed by atoms with Gasteiger partial charge in [0.25, 0.3) is 0 Å². The average molecular weight is 353 g/mol. The van der Waals surface area contributed by atoms with E-state index >= 15 is 0 Å². The lowest BCUT2D eigenvalue weighted by atomic mass is 10.1. The SMILES string of the molecule is COc1ccccc1N1CCN(CC(=O)Nc2ccc(C)cc2C)CC1. The Morgan fingerprint density at radius 2 is 1.81 bits per heavy atom. The van der Waals surface area contributed by atoms with Crippen LogP contribution < -0.4 is 15.0 Å². The zero-order chi connectivity index (χ0) is 18.5. The van der Waals surface area contributed by atoms with Gasteiger partial charge in [-0.25, -0.2) is 0 Å². The van der Waals surface area contributed by atoms with Gasteiger partial charge < -0.3 is 15.0 Å². The summed E-state index contributed by atoms with van der Waals surface area (Å²) in [4.78, 5) is 16.9. The van der Waals surface area contributed by atoms with Crippen molar-refractivity contribution in [2.75, 3.05) is 50.1 Å². The minimum absolute atomic E-state index is 0.0442. The molecule has 0 atom stereocenters. The van der Waals surface area contributed by atoms with Gasteiger partial charge in [0.1, 0.15) is 5.75 Å². The fourth-order valence-electron chi connectivity index (χ4n) is 3.38. The number of nitrogens with zero attached hydrogens (tertiary/aromatic N) is 2. The molecule has 5 heteroatoms. The van der Waals surface area contributed by atoms with Crippen molar-refractivity contribution in [3.8, 4) is 5.75 Å². The smallest absolute Gasteiger partial charge is 0.238 e. The molecule has 3 rings (SSSR count). The first-order valence-electron chi connectivity index (χ1n) is 9.04. The molecule has 26 heavy (non-hydrogen) atoms. The van der Waals surface area contributed by atoms with E-state index in [1.807, 2.05) is 37.3 Å². The second kappa shape index (κ2) is 8.23. The third-order valence-corrected chi connectivity index (χ3v) is 4.82. The molecule has 5 nitrogen and oxygen atoms in total. The van der Waals surface area contributed by atoms with Crippen LogP contribution in [0.2, 0.25) is 0 Å². The lowest BCUT2D eigenvalue weighted by molar-refractivity contribution is -0.117. The first kappa shape index (κ1) is 18.3. The summed E-state index contributed by atoms with van der Waals surface area (Å²) in [5.74, 6) is 0.941. The van der Waals surface area contributed by atoms with Crippen LogP contribution >= 0.6 is 0 Å². The lowest BCUT2D eigenvalue weighted by Gasteiger charge is -2.36. The molecule has 1 saturated heterocycles. The van der Waals surface area contributed by atoms with E-state index in [0.29, 0.717) is 6.54 Å². The molecule has 0 bridgehead atoms. The summed E-state index contributed by atoms with van der Waals surface area (Å²) >= 11 is 0. The Hall–Kier alpha value is -2.53. The van der Waals surface area contributed by atoms with Crippen LogP contribution in [0.5, 0.6) is 5.75 Å². The van der Waals surface area contributed by atoms with Gasteiger partial charge in [0, 0.05) is 31.9 Å². The summed E-state index contributed by atoms with van der Waals surface area (Å²) < 4.78 is 5.46. The zero-order valence-corrected chi connectivity index (χ0v) is 15.8. The number of carbonyl (C=O) groups is 1. The van der Waals surface area contributed by atoms with Crippen molar-refractivity contribution >= 4 is 17.3 Å². The molecule has 1 N–H and O–H groups in total. The van der Waals surface area contributed by atoms with Crippen LogP contribution in [0.1, 0.15) is 11.1 Å². The number of anilines is 2. The van der Waals surface area contributed by atoms with E-state index < -0.39 is 0 Å². The standard InChI is InChI=1S/C21H27N3O2/c1-16-8-9-18(17(2)14-16)22-21(25)15-23-10-12-24(13-11-23)19-6-4-5-7-20(19)26-3/h4-9,14H,10-13,15H2,1-3H3,(H,22,25). The predicted molar refractivity (Wildman–Crippen MR) is 106 cm³/mol. The van der Waals surface area contributed by atoms with Gasteiger partial charge in [-0.05, 0) is 37.6 Å². The van der Waals surface area contributed by atoms with Crippen LogP contribution in [-0.2, 0) is 4.79 Å². The highest BCUT2D eigenvalue weighted by molar-refractivity contribution is 5.93. The minimum Gasteiger partial charge on any atom is -0.495 e. The maximum Gasteiger partial charge on any atom is 0.238 e. The largest absolute Gasteiger partial charge is 0.495 e. The van der Waals surface area contributed by atoms with E-state index in [0.717, 1.165) is 48.9 Å². The number of aryl methyl sites for hydroxylation is 2. The number of nitrogens with one attached hydrogen (secondary N) is 1. The minimum atomic E-state index is 0.0442. The highest BCUT2D eigenvalue weighted by Crippen LogP contribution is 2.28. The molecular formula is C21H27N3O2. The number of benzene rings is 2. The van der Waals surface area contributed by atoms with E-state index in [9.17, 15) is 4.79 Å². The third kappa shape index (κ3) is 4.35. The summed E-state index contributed by atoms with van der Waals surface area (Å²) in [6.45, 7) is 7.99. The molecule has 0 spiro atoms. The number of hydrogen-bond donors (Lipinski definition) is 1. The first-order valence-corrected chi connectivity index (χ1v) is 9.04. The molecule has 1 fully saturated rings. The number of piperazine rings is 1. The van der Waals surface area contributed by atoms with Crippen LogP contribution in [-0.4, -0.2) is 50.6 Å². The number of ether oxygens (including phenoxy) is 1. The van der Waals surface area contributed by atoms with Gasteiger partial charge in [-0.2, -0.15) is 0 Å². The molecule has 0 saturated carbocycles. The molecule has 0 aliphatic carbocycles. The van der Waals surface area contributed by atoms with Gasteiger partial charge in [-0.1, -0.05) is 29.8 Å². The van der Waals surface area contributed by atoms with E-state index in [2.05, 4.69) is 34.2 Å². The van der Waals surface area contributed by atoms with Gasteiger partial charge in [-0.15, -0.1) is 0 Å². The van der Waals surface area contributed by atoms with Crippen molar-refractivity contribution in [2.45, 2.75) is 13.8 Å². The van der Waals surface area contributed by atoms with Crippen molar-refractivity contribution < 1.29 is 9.53 Å². The van der Waals surface area contributed by atoms with Crippen molar-refractivity contribution in [3.05, 3.63) is 53.6 Å². The fraction of sp³-hybridized carbons (Fsp3) is 0.381. The molecule has 1 amide bonds. The average Bonchev–Trinajstić information content (AvgIpc) is 2.64. The highest BCUT2D eigenvalue weighted by atomic mass is 16.5. The molecular weight excluding hydrogens is 326 g/mol. The van der Waals surface area contributed by atoms with Crippen molar-refractivity contribution in [3.63, 3.8) is 0 Å². The van der Waals surface area contributed by atoms with Gasteiger partial charge in [0.05, 0.1) is 19.3 Å². The second-order valence-corrected chi connectivity index (χ2v) is 6.80. The second-order valence-electron chi connectivity index (χ2n) is 6.80. The topological polar surface area (TPSA) is 44.8 Å². The third-order valence-electron chi connectivity index (χ3n) is 4.82. The molecule has 0 unspecified atom stereocenters. The van der Waals surface area contributed by atoms with Crippen LogP contribution in [0.3, 0.4) is 0 Å². The van der Waals surface area contributed by atoms with E-state index in [1.165, 1.54) is 5.56 Å². The number of methoxy groups -OCH3 is 1. The van der Waals surface area contributed by atoms with Crippen molar-refractivity contribution in [1.82, 2.24) is 4.90 Å². The highest BCUT2D eigenvalue weighted by Gasteiger charge is 2.21. The van der Waals surface area contributed by atoms with Gasteiger partial charge in [0.15, 0.2) is 0 Å². The Bertz CT molecular complexity index is 768. The number of carbonyl (C=O) groups excluding carboxylic acids is 1. The van der Waals surface area contributed by atoms with E-state index in [-0.39, 0.29) is 5.91 Å². The van der Waals surface area contributed by atoms with Crippen LogP contribution in [0.25, 0.3) is 0 Å². The molecule has 2 aromatic carbocycles. The van der Waals surface area contributed by atoms with E-state index in [4.69, 9.17) is 4.74 Å². The monoisotopic (exact) mass is 353 g/mol. The van der Waals surface area contributed by atoms with Crippen LogP contribution in [0, 0.1) is 13.8 Å². The zero-order valence-electron chi connectivity index (χ0n) is 15.8. The Morgan fingerprint density at radius 3 is 2.50 bits per heavy atom. The van der Waals surface area contributed by atoms with Crippen molar-refractivity contribution in [1.29, 1.82) is 0 Å². The number of para-hydroxylation sites is 2. The quantitative estimate of drug-likeness (QED) is 0.897. The Labute approximate surface area is 155 Å². The Morgan fingerprint density at radius 1 is 1.08 bits per heavy atom. The molecule has 1 aliphatic heterocycles. The normalized spacial score (nSPS) is 15.0. The van der Waals surface area contributed by atoms with Crippen LogP contribution in [0.15, 0.2) is 42.5 Å². The summed E-state index contributed by atoms with van der Waals surface area (Å²) in [5, 5.41) is 3.03. The molecule has 1 aliphatic rings. The van der Waals surface area contributed by atoms with E-state index in [1.54, 1.807) is 7.11 Å². The predicted octanol–water partition coefficient (Wildman–Crippen LogP) is 3.07. The Kier molecular flexibility index (Phi) is 5.78. The summed E-state index contributed by atoms with van der Waals surface area (Å²) in [6.07, 6.45) is 0. The summed E-state index contributed by atoms with van der Waals surface area (Å²) in [7, 11) is 1.70. The lowest BCUT2D eigenvalue weighted by Crippen LogP contribution is -2.48. The summed E-state index contributed by atoms with van der Waals surface area (Å²) in [6, 6.07) is 14.2. The molecule has 0 aromatic heterocycles. The van der Waals surface area contributed by atoms with Gasteiger partial charge in [-0.3, -0.25) is 9.69 Å². The molecule has 1 heterocycles.